The molecule has 0 saturated carbocycles. The maximum absolute atomic E-state index is 13.1. The van der Waals surface area contributed by atoms with Crippen LogP contribution in [0.1, 0.15) is 32.4 Å². The fourth-order valence-electron chi connectivity index (χ4n) is 3.76. The number of nitrogens with zero attached hydrogens (tertiary/aromatic N) is 1. The Morgan fingerprint density at radius 2 is 1.89 bits per heavy atom. The predicted octanol–water partition coefficient (Wildman–Crippen LogP) is 4.59. The summed E-state index contributed by atoms with van der Waals surface area (Å²) in [5, 5.41) is 6.04. The smallest absolute Gasteiger partial charge is 0.338 e. The van der Waals surface area contributed by atoms with Gasteiger partial charge in [0.15, 0.2) is 5.58 Å². The Labute approximate surface area is 207 Å². The molecule has 35 heavy (non-hydrogen) atoms. The van der Waals surface area contributed by atoms with Crippen LogP contribution in [0.15, 0.2) is 63.4 Å². The molecule has 4 rings (SSSR count). The Morgan fingerprint density at radius 1 is 1.09 bits per heavy atom. The van der Waals surface area contributed by atoms with Gasteiger partial charge in [0.25, 0.3) is 5.22 Å². The summed E-state index contributed by atoms with van der Waals surface area (Å²) in [4.78, 5) is 30.3. The van der Waals surface area contributed by atoms with Gasteiger partial charge in [-0.2, -0.15) is 0 Å². The van der Waals surface area contributed by atoms with Crippen molar-refractivity contribution in [2.24, 2.45) is 0 Å². The lowest BCUT2D eigenvalue weighted by atomic mass is 9.94. The molecule has 2 N–H and O–H groups in total. The van der Waals surface area contributed by atoms with Crippen molar-refractivity contribution in [2.75, 3.05) is 25.6 Å². The fourth-order valence-corrected chi connectivity index (χ4v) is 4.56. The number of hydrogen-bond acceptors (Lipinski definition) is 8. The second-order valence-electron chi connectivity index (χ2n) is 7.45. The molecule has 1 atom stereocenters. The van der Waals surface area contributed by atoms with Crippen LogP contribution in [0.25, 0.3) is 11.1 Å². The van der Waals surface area contributed by atoms with Crippen LogP contribution < -0.4 is 20.1 Å². The Balaban J connectivity index is 1.74. The fraction of sp³-hybridized carbons (Fsp3) is 0.320. The first-order valence-corrected chi connectivity index (χ1v) is 12.4. The van der Waals surface area contributed by atoms with Gasteiger partial charge >= 0.3 is 12.0 Å². The zero-order valence-corrected chi connectivity index (χ0v) is 20.6. The molecule has 1 aliphatic rings. The van der Waals surface area contributed by atoms with Crippen LogP contribution in [0.3, 0.4) is 0 Å². The molecule has 1 aromatic heterocycles. The molecule has 0 radical (unpaired) electrons. The van der Waals surface area contributed by atoms with Crippen molar-refractivity contribution in [3.8, 4) is 11.5 Å². The van der Waals surface area contributed by atoms with Gasteiger partial charge in [-0.1, -0.05) is 23.9 Å². The second kappa shape index (κ2) is 11.2. The molecule has 184 valence electrons. The average molecular weight is 498 g/mol. The summed E-state index contributed by atoms with van der Waals surface area (Å²) in [6.45, 7) is 6.56. The molecule has 0 unspecified atom stereocenters. The van der Waals surface area contributed by atoms with Crippen molar-refractivity contribution in [1.82, 2.24) is 15.6 Å². The largest absolute Gasteiger partial charge is 0.494 e. The summed E-state index contributed by atoms with van der Waals surface area (Å²) < 4.78 is 22.6. The lowest BCUT2D eigenvalue weighted by Crippen LogP contribution is -2.46. The number of carbonyl (C=O) groups excluding carboxylic acids is 2. The summed E-state index contributed by atoms with van der Waals surface area (Å²) in [7, 11) is 0. The van der Waals surface area contributed by atoms with E-state index in [1.807, 2.05) is 38.1 Å². The van der Waals surface area contributed by atoms with E-state index in [1.165, 1.54) is 11.8 Å². The van der Waals surface area contributed by atoms with Crippen LogP contribution >= 0.6 is 11.8 Å². The van der Waals surface area contributed by atoms with E-state index < -0.39 is 18.0 Å². The number of fused-ring (bicyclic) bond motifs is 1. The van der Waals surface area contributed by atoms with Gasteiger partial charge in [-0.3, -0.25) is 0 Å². The van der Waals surface area contributed by atoms with E-state index in [0.29, 0.717) is 46.8 Å². The van der Waals surface area contributed by atoms with Gasteiger partial charge in [0, 0.05) is 17.0 Å². The molecule has 3 aromatic rings. The molecular formula is C25H27N3O6S. The molecule has 0 fully saturated rings. The maximum atomic E-state index is 13.1. The highest BCUT2D eigenvalue weighted by Gasteiger charge is 2.35. The number of thioether (sulfide) groups is 1. The Hall–Kier alpha value is -3.66. The van der Waals surface area contributed by atoms with Crippen molar-refractivity contribution in [1.29, 1.82) is 0 Å². The molecule has 0 aliphatic carbocycles. The minimum atomic E-state index is -0.802. The van der Waals surface area contributed by atoms with Crippen molar-refractivity contribution in [2.45, 2.75) is 32.0 Å². The number of carbonyl (C=O) groups is 2. The van der Waals surface area contributed by atoms with Gasteiger partial charge in [0.2, 0.25) is 0 Å². The zero-order valence-electron chi connectivity index (χ0n) is 19.8. The second-order valence-corrected chi connectivity index (χ2v) is 8.37. The number of hydrogen-bond donors (Lipinski definition) is 2. The average Bonchev–Trinajstić information content (AvgIpc) is 3.27. The lowest BCUT2D eigenvalue weighted by Gasteiger charge is -2.30. The molecular weight excluding hydrogens is 470 g/mol. The van der Waals surface area contributed by atoms with Gasteiger partial charge in [0.05, 0.1) is 31.4 Å². The molecule has 2 amide bonds. The highest BCUT2D eigenvalue weighted by Crippen LogP contribution is 2.37. The predicted molar refractivity (Wildman–Crippen MR) is 132 cm³/mol. The van der Waals surface area contributed by atoms with E-state index in [1.54, 1.807) is 25.1 Å². The van der Waals surface area contributed by atoms with Gasteiger partial charge in [0.1, 0.15) is 17.0 Å². The minimum Gasteiger partial charge on any atom is -0.494 e. The quantitative estimate of drug-likeness (QED) is 0.309. The Bertz CT molecular complexity index is 1220. The number of amides is 2. The molecule has 9 nitrogen and oxygen atoms in total. The van der Waals surface area contributed by atoms with Gasteiger partial charge in [-0.05, 0) is 51.1 Å². The highest BCUT2D eigenvalue weighted by molar-refractivity contribution is 7.99. The topological polar surface area (TPSA) is 112 Å². The first kappa shape index (κ1) is 24.5. The number of urea groups is 1. The normalized spacial score (nSPS) is 15.5. The SMILES string of the molecule is CCOC(=O)C1=C(CSc2nc3ccccc3o2)NC(=O)N[C@H]1c1cc(OCC)ccc1OCC. The third-order valence-electron chi connectivity index (χ3n) is 5.17. The summed E-state index contributed by atoms with van der Waals surface area (Å²) >= 11 is 1.28. The number of nitrogens with one attached hydrogen (secondary N) is 2. The third kappa shape index (κ3) is 5.54. The molecule has 1 aliphatic heterocycles. The zero-order chi connectivity index (χ0) is 24.8. The summed E-state index contributed by atoms with van der Waals surface area (Å²) in [5.74, 6) is 0.836. The van der Waals surface area contributed by atoms with Crippen LogP contribution in [-0.4, -0.2) is 42.6 Å². The van der Waals surface area contributed by atoms with Crippen LogP contribution in [0, 0.1) is 0 Å². The summed E-state index contributed by atoms with van der Waals surface area (Å²) in [6.07, 6.45) is 0. The van der Waals surface area contributed by atoms with Crippen LogP contribution in [-0.2, 0) is 9.53 Å². The summed E-state index contributed by atoms with van der Waals surface area (Å²) in [6, 6.07) is 11.5. The number of rotatable bonds is 10. The summed E-state index contributed by atoms with van der Waals surface area (Å²) in [5.41, 5.74) is 2.69. The highest BCUT2D eigenvalue weighted by atomic mass is 32.2. The van der Waals surface area contributed by atoms with Crippen molar-refractivity contribution in [3.05, 3.63) is 59.3 Å². The third-order valence-corrected chi connectivity index (χ3v) is 6.02. The molecule has 2 aromatic carbocycles. The van der Waals surface area contributed by atoms with Crippen LogP contribution in [0.5, 0.6) is 11.5 Å². The number of benzene rings is 2. The van der Waals surface area contributed by atoms with Gasteiger partial charge < -0.3 is 29.3 Å². The number of oxazole rings is 1. The Kier molecular flexibility index (Phi) is 7.81. The molecule has 0 bridgehead atoms. The van der Waals surface area contributed by atoms with Gasteiger partial charge in [-0.25, -0.2) is 14.6 Å². The van der Waals surface area contributed by atoms with Crippen molar-refractivity contribution < 1.29 is 28.2 Å². The first-order valence-electron chi connectivity index (χ1n) is 11.4. The first-order chi connectivity index (χ1) is 17.0. The number of ether oxygens (including phenoxy) is 3. The van der Waals surface area contributed by atoms with Crippen LogP contribution in [0.4, 0.5) is 4.79 Å². The molecule has 10 heteroatoms. The molecule has 2 heterocycles. The van der Waals surface area contributed by atoms with E-state index in [9.17, 15) is 9.59 Å². The maximum Gasteiger partial charge on any atom is 0.338 e. The number of para-hydroxylation sites is 2. The molecule has 0 spiro atoms. The number of esters is 1. The van der Waals surface area contributed by atoms with E-state index >= 15 is 0 Å². The van der Waals surface area contributed by atoms with Crippen molar-refractivity contribution >= 4 is 34.9 Å². The van der Waals surface area contributed by atoms with E-state index in [0.717, 1.165) is 5.52 Å². The Morgan fingerprint density at radius 3 is 2.63 bits per heavy atom. The van der Waals surface area contributed by atoms with Crippen LogP contribution in [0.2, 0.25) is 0 Å². The van der Waals surface area contributed by atoms with Crippen molar-refractivity contribution in [3.63, 3.8) is 0 Å². The van der Waals surface area contributed by atoms with Gasteiger partial charge in [-0.15, -0.1) is 0 Å². The van der Waals surface area contributed by atoms with E-state index in [4.69, 9.17) is 18.6 Å². The minimum absolute atomic E-state index is 0.186. The van der Waals surface area contributed by atoms with E-state index in [-0.39, 0.29) is 17.9 Å². The molecule has 0 saturated heterocycles. The lowest BCUT2D eigenvalue weighted by molar-refractivity contribution is -0.139. The monoisotopic (exact) mass is 497 g/mol. The number of aromatic nitrogens is 1. The van der Waals surface area contributed by atoms with E-state index in [2.05, 4.69) is 15.6 Å². The standard InChI is InChI=1S/C25H27N3O6S/c1-4-31-15-11-12-19(32-5-2)16(13-15)22-21(23(29)33-6-3)18(26-24(30)28-22)14-35-25-27-17-9-7-8-10-20(17)34-25/h7-13,22H,4-6,14H2,1-3H3,(H2,26,28,30)/t22-/m0/s1.